The number of benzene rings is 1. The maximum Gasteiger partial charge on any atom is 0.229 e. The average molecular weight is 294 g/mol. The number of allylic oxidation sites excluding steroid dienone is 2. The molecule has 0 fully saturated rings. The first-order valence-corrected chi connectivity index (χ1v) is 7.16. The third-order valence-corrected chi connectivity index (χ3v) is 4.20. The minimum atomic E-state index is -0.711. The molecule has 0 saturated heterocycles. The molecule has 6 heteroatoms. The molecular weight excluding hydrogens is 282 g/mol. The van der Waals surface area contributed by atoms with Gasteiger partial charge in [0.25, 0.3) is 0 Å². The zero-order valence-corrected chi connectivity index (χ0v) is 11.3. The summed E-state index contributed by atoms with van der Waals surface area (Å²) in [5, 5.41) is 3.00. The third kappa shape index (κ3) is 2.56. The molecule has 20 heavy (non-hydrogen) atoms. The number of hydrogen-bond acceptors (Lipinski definition) is 3. The van der Waals surface area contributed by atoms with Crippen LogP contribution in [0.5, 0.6) is 0 Å². The number of carbonyl (C=O) groups is 1. The van der Waals surface area contributed by atoms with Crippen LogP contribution in [0.1, 0.15) is 19.3 Å². The number of hydrogen-bond donors (Lipinski definition) is 1. The van der Waals surface area contributed by atoms with Crippen LogP contribution in [0.4, 0.5) is 13.9 Å². The van der Waals surface area contributed by atoms with Crippen molar-refractivity contribution in [2.45, 2.75) is 19.3 Å². The number of amides is 1. The van der Waals surface area contributed by atoms with E-state index in [-0.39, 0.29) is 17.3 Å². The number of nitrogens with zero attached hydrogens (tertiary/aromatic N) is 1. The van der Waals surface area contributed by atoms with Crippen molar-refractivity contribution in [3.05, 3.63) is 35.9 Å². The highest BCUT2D eigenvalue weighted by Crippen LogP contribution is 2.29. The summed E-state index contributed by atoms with van der Waals surface area (Å²) >= 11 is 1.08. The van der Waals surface area contributed by atoms with Gasteiger partial charge in [0.1, 0.15) is 11.3 Å². The topological polar surface area (TPSA) is 42.0 Å². The first-order chi connectivity index (χ1) is 9.63. The van der Waals surface area contributed by atoms with Crippen LogP contribution in [0.2, 0.25) is 0 Å². The van der Waals surface area contributed by atoms with Crippen LogP contribution >= 0.6 is 11.3 Å². The van der Waals surface area contributed by atoms with Crippen LogP contribution in [0.3, 0.4) is 0 Å². The lowest BCUT2D eigenvalue weighted by Gasteiger charge is -2.15. The highest BCUT2D eigenvalue weighted by molar-refractivity contribution is 7.22. The average Bonchev–Trinajstić information content (AvgIpc) is 2.82. The number of thiazole rings is 1. The van der Waals surface area contributed by atoms with Crippen molar-refractivity contribution in [2.24, 2.45) is 5.92 Å². The van der Waals surface area contributed by atoms with Gasteiger partial charge in [-0.2, -0.15) is 0 Å². The second-order valence-corrected chi connectivity index (χ2v) is 5.75. The minimum absolute atomic E-state index is 0.0754. The molecule has 1 aliphatic carbocycles. The smallest absolute Gasteiger partial charge is 0.229 e. The van der Waals surface area contributed by atoms with E-state index < -0.39 is 11.6 Å². The maximum atomic E-state index is 13.5. The number of fused-ring (bicyclic) bond motifs is 1. The Hall–Kier alpha value is -1.82. The van der Waals surface area contributed by atoms with E-state index in [4.69, 9.17) is 0 Å². The van der Waals surface area contributed by atoms with Crippen LogP contribution in [0, 0.1) is 17.6 Å². The SMILES string of the molecule is O=C(Nc1nc2c(F)cc(F)cc2s1)C1CC=CCC1. The molecule has 0 radical (unpaired) electrons. The van der Waals surface area contributed by atoms with Crippen LogP contribution in [-0.4, -0.2) is 10.9 Å². The lowest BCUT2D eigenvalue weighted by molar-refractivity contribution is -0.120. The Morgan fingerprint density at radius 3 is 2.95 bits per heavy atom. The van der Waals surface area contributed by atoms with Gasteiger partial charge in [0, 0.05) is 12.0 Å². The van der Waals surface area contributed by atoms with E-state index in [1.165, 1.54) is 6.07 Å². The lowest BCUT2D eigenvalue weighted by atomic mass is 9.94. The molecule has 1 N–H and O–H groups in total. The van der Waals surface area contributed by atoms with Crippen LogP contribution in [0.15, 0.2) is 24.3 Å². The van der Waals surface area contributed by atoms with Crippen LogP contribution in [0.25, 0.3) is 10.2 Å². The van der Waals surface area contributed by atoms with E-state index in [9.17, 15) is 13.6 Å². The maximum absolute atomic E-state index is 13.5. The van der Waals surface area contributed by atoms with Gasteiger partial charge in [0.2, 0.25) is 5.91 Å². The van der Waals surface area contributed by atoms with Gasteiger partial charge in [-0.1, -0.05) is 23.5 Å². The van der Waals surface area contributed by atoms with Crippen molar-refractivity contribution >= 4 is 32.6 Å². The summed E-state index contributed by atoms with van der Waals surface area (Å²) in [6, 6.07) is 2.01. The zero-order valence-electron chi connectivity index (χ0n) is 10.5. The molecule has 1 aromatic carbocycles. The van der Waals surface area contributed by atoms with Gasteiger partial charge in [-0.05, 0) is 25.3 Å². The molecular formula is C14H12F2N2OS. The number of carbonyl (C=O) groups excluding carboxylic acids is 1. The van der Waals surface area contributed by atoms with Gasteiger partial charge in [0.15, 0.2) is 10.9 Å². The Morgan fingerprint density at radius 1 is 1.35 bits per heavy atom. The second-order valence-electron chi connectivity index (χ2n) is 4.72. The van der Waals surface area contributed by atoms with Crippen molar-refractivity contribution in [3.63, 3.8) is 0 Å². The van der Waals surface area contributed by atoms with E-state index >= 15 is 0 Å². The molecule has 1 aliphatic rings. The molecule has 3 nitrogen and oxygen atoms in total. The molecule has 1 aromatic heterocycles. The number of nitrogens with one attached hydrogen (secondary N) is 1. The Morgan fingerprint density at radius 2 is 2.20 bits per heavy atom. The Labute approximate surface area is 118 Å². The van der Waals surface area contributed by atoms with Crippen molar-refractivity contribution in [3.8, 4) is 0 Å². The Kier molecular flexibility index (Phi) is 3.48. The van der Waals surface area contributed by atoms with Crippen molar-refractivity contribution in [1.29, 1.82) is 0 Å². The first kappa shape index (κ1) is 13.2. The molecule has 3 rings (SSSR count). The van der Waals surface area contributed by atoms with E-state index in [1.54, 1.807) is 0 Å². The summed E-state index contributed by atoms with van der Waals surface area (Å²) in [4.78, 5) is 16.1. The predicted molar refractivity (Wildman–Crippen MR) is 74.6 cm³/mol. The third-order valence-electron chi connectivity index (χ3n) is 3.28. The normalized spacial score (nSPS) is 18.4. The van der Waals surface area contributed by atoms with Gasteiger partial charge in [-0.3, -0.25) is 4.79 Å². The Balaban J connectivity index is 1.82. The zero-order chi connectivity index (χ0) is 14.1. The molecule has 0 spiro atoms. The summed E-state index contributed by atoms with van der Waals surface area (Å²) in [5.41, 5.74) is 0.0928. The molecule has 1 heterocycles. The Bertz CT molecular complexity index is 696. The molecule has 0 saturated carbocycles. The highest BCUT2D eigenvalue weighted by atomic mass is 32.1. The van der Waals surface area contributed by atoms with Gasteiger partial charge in [0.05, 0.1) is 4.70 Å². The summed E-state index contributed by atoms with van der Waals surface area (Å²) in [6.07, 6.45) is 6.44. The molecule has 1 atom stereocenters. The van der Waals surface area contributed by atoms with Gasteiger partial charge in [-0.25, -0.2) is 13.8 Å². The van der Waals surface area contributed by atoms with Crippen molar-refractivity contribution in [1.82, 2.24) is 4.98 Å². The van der Waals surface area contributed by atoms with Crippen molar-refractivity contribution < 1.29 is 13.6 Å². The number of rotatable bonds is 2. The van der Waals surface area contributed by atoms with E-state index in [1.807, 2.05) is 6.08 Å². The summed E-state index contributed by atoms with van der Waals surface area (Å²) in [6.45, 7) is 0. The summed E-state index contributed by atoms with van der Waals surface area (Å²) < 4.78 is 27.0. The van der Waals surface area contributed by atoms with Gasteiger partial charge < -0.3 is 5.32 Å². The van der Waals surface area contributed by atoms with E-state index in [0.717, 1.165) is 30.2 Å². The monoisotopic (exact) mass is 294 g/mol. The molecule has 2 aromatic rings. The minimum Gasteiger partial charge on any atom is -0.302 e. The molecule has 0 bridgehead atoms. The largest absolute Gasteiger partial charge is 0.302 e. The molecule has 1 unspecified atom stereocenters. The van der Waals surface area contributed by atoms with Crippen LogP contribution in [-0.2, 0) is 4.79 Å². The van der Waals surface area contributed by atoms with Crippen LogP contribution < -0.4 is 5.32 Å². The highest BCUT2D eigenvalue weighted by Gasteiger charge is 2.20. The quantitative estimate of drug-likeness (QED) is 0.854. The fourth-order valence-electron chi connectivity index (χ4n) is 2.25. The first-order valence-electron chi connectivity index (χ1n) is 6.35. The summed E-state index contributed by atoms with van der Waals surface area (Å²) in [7, 11) is 0. The van der Waals surface area contributed by atoms with Crippen molar-refractivity contribution in [2.75, 3.05) is 5.32 Å². The van der Waals surface area contributed by atoms with E-state index in [2.05, 4.69) is 16.4 Å². The molecule has 0 aliphatic heterocycles. The molecule has 104 valence electrons. The predicted octanol–water partition coefficient (Wildman–Crippen LogP) is 3.87. The number of halogens is 2. The number of anilines is 1. The van der Waals surface area contributed by atoms with Gasteiger partial charge in [-0.15, -0.1) is 0 Å². The van der Waals surface area contributed by atoms with Gasteiger partial charge >= 0.3 is 0 Å². The summed E-state index contributed by atoms with van der Waals surface area (Å²) in [5.74, 6) is -1.55. The standard InChI is InChI=1S/C14H12F2N2OS/c15-9-6-10(16)12-11(7-9)20-14(17-12)18-13(19)8-4-2-1-3-5-8/h1-2,6-8H,3-5H2,(H,17,18,19). The molecule has 1 amide bonds. The number of aromatic nitrogens is 1. The lowest BCUT2D eigenvalue weighted by Crippen LogP contribution is -2.23. The fraction of sp³-hybridized carbons (Fsp3) is 0.286. The second kappa shape index (κ2) is 5.28. The van der Waals surface area contributed by atoms with E-state index in [0.29, 0.717) is 16.3 Å². The fourth-order valence-corrected chi connectivity index (χ4v) is 3.16.